The molecule has 1 aliphatic rings. The topological polar surface area (TPSA) is 69.6 Å². The number of hydrogen-bond donors (Lipinski definition) is 0. The first-order chi connectivity index (χ1) is 16.7. The van der Waals surface area contributed by atoms with E-state index in [0.29, 0.717) is 0 Å². The van der Waals surface area contributed by atoms with Crippen LogP contribution in [0.3, 0.4) is 0 Å². The third-order valence-corrected chi connectivity index (χ3v) is 8.15. The van der Waals surface area contributed by atoms with Crippen LogP contribution in [0, 0.1) is 0 Å². The van der Waals surface area contributed by atoms with E-state index in [9.17, 15) is 13.5 Å². The van der Waals surface area contributed by atoms with Gasteiger partial charge in [0.05, 0.1) is 32.1 Å². The molecule has 1 aromatic rings. The lowest BCUT2D eigenvalue weighted by molar-refractivity contribution is -0.890. The van der Waals surface area contributed by atoms with Gasteiger partial charge in [0, 0.05) is 11.5 Å². The van der Waals surface area contributed by atoms with E-state index in [0.717, 1.165) is 0 Å². The Morgan fingerprint density at radius 1 is 0.686 bits per heavy atom. The summed E-state index contributed by atoms with van der Waals surface area (Å²) >= 11 is 0. The summed E-state index contributed by atoms with van der Waals surface area (Å²) in [6, 6.07) is 5.99. The molecule has 0 saturated heterocycles. The molecular weight excluding hydrogens is 456 g/mol. The summed E-state index contributed by atoms with van der Waals surface area (Å²) in [7, 11) is 1.19. The zero-order chi connectivity index (χ0) is 26.0. The number of unbranched alkanes of at least 4 members (excludes halogenated alkanes) is 14. The van der Waals surface area contributed by atoms with Gasteiger partial charge in [-0.05, 0) is 31.7 Å². The van der Waals surface area contributed by atoms with E-state index in [1.165, 1.54) is 132 Å². The largest absolute Gasteiger partial charge is 0.858 e. The van der Waals surface area contributed by atoms with E-state index < -0.39 is 15.9 Å². The van der Waals surface area contributed by atoms with Gasteiger partial charge in [-0.25, -0.2) is 0 Å². The first-order valence-corrected chi connectivity index (χ1v) is 15.6. The molecule has 1 aliphatic heterocycles. The van der Waals surface area contributed by atoms with Crippen molar-refractivity contribution in [3.05, 3.63) is 29.8 Å². The number of quaternary nitrogens is 1. The number of nitrogens with zero attached hydrogens (tertiary/aromatic N) is 2. The Hall–Kier alpha value is -1.40. The number of benzene rings is 1. The smallest absolute Gasteiger partial charge is 0.282 e. The van der Waals surface area contributed by atoms with E-state index in [4.69, 9.17) is 0 Å². The van der Waals surface area contributed by atoms with Crippen LogP contribution in [0.4, 0.5) is 0 Å². The van der Waals surface area contributed by atoms with Crippen LogP contribution < -0.4 is 5.11 Å². The van der Waals surface area contributed by atoms with Crippen molar-refractivity contribution >= 4 is 15.9 Å². The second kappa shape index (κ2) is 17.9. The molecule has 0 bridgehead atoms. The highest BCUT2D eigenvalue weighted by Crippen LogP contribution is 2.23. The van der Waals surface area contributed by atoms with Crippen molar-refractivity contribution in [2.45, 2.75) is 121 Å². The van der Waals surface area contributed by atoms with E-state index in [2.05, 4.69) is 32.3 Å². The molecule has 1 heterocycles. The summed E-state index contributed by atoms with van der Waals surface area (Å²) in [4.78, 5) is 0.00926. The highest BCUT2D eigenvalue weighted by Gasteiger charge is 2.22. The fraction of sp³-hybridized carbons (Fsp3) is 0.759. The Morgan fingerprint density at radius 2 is 1.09 bits per heavy atom. The van der Waals surface area contributed by atoms with Gasteiger partial charge < -0.3 is 9.59 Å². The fourth-order valence-electron chi connectivity index (χ4n) is 4.54. The standard InChI is InChI=1S/C22H48N.C7H5NO3S/c1-5-7-9-11-13-15-17-19-21-23(3,4)22-20-18-16-14-12-10-8-6-2;9-7-5-3-1-2-4-6(5)12(10,11)8-7/h5-22H2,1-4H3;1-4H,(H,8,9)/q+1;/p-1. The predicted octanol–water partition coefficient (Wildman–Crippen LogP) is 6.84. The summed E-state index contributed by atoms with van der Waals surface area (Å²) in [6.07, 6.45) is 23.0. The number of sulfonamides is 1. The van der Waals surface area contributed by atoms with Crippen LogP contribution in [0.1, 0.15) is 122 Å². The summed E-state index contributed by atoms with van der Waals surface area (Å²) < 4.78 is 26.4. The van der Waals surface area contributed by atoms with Gasteiger partial charge in [0.15, 0.2) is 0 Å². The molecule has 0 spiro atoms. The summed E-state index contributed by atoms with van der Waals surface area (Å²) in [5.41, 5.74) is 0.164. The monoisotopic (exact) mass is 508 g/mol. The van der Waals surface area contributed by atoms with Crippen molar-refractivity contribution in [3.63, 3.8) is 0 Å². The SMILES string of the molecule is CCCCCCCCCC[N+](C)(C)CCCCCCCCCC.O=S1(=O)N=C([O-])c2ccccc21. The highest BCUT2D eigenvalue weighted by atomic mass is 32.2. The molecular formula is C29H52N2O3S. The summed E-state index contributed by atoms with van der Waals surface area (Å²) in [6.45, 7) is 7.36. The minimum atomic E-state index is -3.68. The molecule has 35 heavy (non-hydrogen) atoms. The lowest BCUT2D eigenvalue weighted by atomic mass is 10.1. The van der Waals surface area contributed by atoms with Gasteiger partial charge >= 0.3 is 0 Å². The molecule has 0 amide bonds. The van der Waals surface area contributed by atoms with E-state index >= 15 is 0 Å². The predicted molar refractivity (Wildman–Crippen MR) is 147 cm³/mol. The fourth-order valence-corrected chi connectivity index (χ4v) is 5.63. The maximum absolute atomic E-state index is 11.1. The second-order valence-electron chi connectivity index (χ2n) is 10.7. The molecule has 1 aromatic carbocycles. The molecule has 6 heteroatoms. The van der Waals surface area contributed by atoms with Crippen molar-refractivity contribution in [1.82, 2.24) is 0 Å². The van der Waals surface area contributed by atoms with Gasteiger partial charge in [0.25, 0.3) is 10.0 Å². The molecule has 0 N–H and O–H groups in total. The van der Waals surface area contributed by atoms with Crippen molar-refractivity contribution in [2.24, 2.45) is 4.40 Å². The lowest BCUT2D eigenvalue weighted by Crippen LogP contribution is -2.41. The normalized spacial score (nSPS) is 14.2. The van der Waals surface area contributed by atoms with Gasteiger partial charge in [0.2, 0.25) is 0 Å². The number of rotatable bonds is 18. The van der Waals surface area contributed by atoms with E-state index in [1.54, 1.807) is 12.1 Å². The van der Waals surface area contributed by atoms with Crippen molar-refractivity contribution in [2.75, 3.05) is 27.2 Å². The first-order valence-electron chi connectivity index (χ1n) is 14.2. The maximum atomic E-state index is 11.1. The molecule has 0 aromatic heterocycles. The van der Waals surface area contributed by atoms with E-state index in [-0.39, 0.29) is 10.5 Å². The van der Waals surface area contributed by atoms with Crippen LogP contribution in [-0.4, -0.2) is 46.0 Å². The van der Waals surface area contributed by atoms with Gasteiger partial charge in [-0.1, -0.05) is 109 Å². The minimum absolute atomic E-state index is 0.00926. The quantitative estimate of drug-likeness (QED) is 0.161. The maximum Gasteiger partial charge on any atom is 0.282 e. The van der Waals surface area contributed by atoms with Gasteiger partial charge in [0.1, 0.15) is 0 Å². The molecule has 2 rings (SSSR count). The Bertz CT molecular complexity index is 797. The first kappa shape index (κ1) is 31.6. The summed E-state index contributed by atoms with van der Waals surface area (Å²) in [5.74, 6) is -0.675. The Labute approximate surface area is 216 Å². The highest BCUT2D eigenvalue weighted by molar-refractivity contribution is 7.90. The van der Waals surface area contributed by atoms with Crippen LogP contribution in [0.5, 0.6) is 0 Å². The van der Waals surface area contributed by atoms with Crippen molar-refractivity contribution in [3.8, 4) is 0 Å². The van der Waals surface area contributed by atoms with Crippen LogP contribution in [0.25, 0.3) is 0 Å². The molecule has 0 aliphatic carbocycles. The van der Waals surface area contributed by atoms with Gasteiger partial charge in [-0.2, -0.15) is 12.8 Å². The molecule has 0 unspecified atom stereocenters. The molecule has 0 atom stereocenters. The van der Waals surface area contributed by atoms with E-state index in [1.807, 2.05) is 0 Å². The van der Waals surface area contributed by atoms with Gasteiger partial charge in [-0.15, -0.1) is 0 Å². The van der Waals surface area contributed by atoms with Crippen LogP contribution in [0.15, 0.2) is 33.6 Å². The number of fused-ring (bicyclic) bond motifs is 1. The van der Waals surface area contributed by atoms with Crippen LogP contribution >= 0.6 is 0 Å². The van der Waals surface area contributed by atoms with Crippen LogP contribution in [0.2, 0.25) is 0 Å². The zero-order valence-corrected chi connectivity index (χ0v) is 23.9. The average molecular weight is 509 g/mol. The molecule has 0 radical (unpaired) electrons. The molecule has 202 valence electrons. The lowest BCUT2D eigenvalue weighted by Gasteiger charge is -2.30. The van der Waals surface area contributed by atoms with Crippen molar-refractivity contribution in [1.29, 1.82) is 0 Å². The van der Waals surface area contributed by atoms with Crippen molar-refractivity contribution < 1.29 is 18.0 Å². The molecule has 0 saturated carbocycles. The molecule has 5 nitrogen and oxygen atoms in total. The zero-order valence-electron chi connectivity index (χ0n) is 23.1. The average Bonchev–Trinajstić information content (AvgIpc) is 3.06. The Balaban J connectivity index is 0.000000420. The third-order valence-electron chi connectivity index (χ3n) is 6.83. The Morgan fingerprint density at radius 3 is 1.51 bits per heavy atom. The Kier molecular flexibility index (Phi) is 16.2. The second-order valence-corrected chi connectivity index (χ2v) is 12.3. The minimum Gasteiger partial charge on any atom is -0.858 e. The third kappa shape index (κ3) is 14.1. The van der Waals surface area contributed by atoms with Gasteiger partial charge in [-0.3, -0.25) is 0 Å². The number of hydrogen-bond acceptors (Lipinski definition) is 3. The molecule has 0 fully saturated rings. The summed E-state index contributed by atoms with van der Waals surface area (Å²) in [5, 5.41) is 10.9. The van der Waals surface area contributed by atoms with Crippen LogP contribution in [-0.2, 0) is 10.0 Å².